The number of para-hydroxylation sites is 1. The van der Waals surface area contributed by atoms with Crippen molar-refractivity contribution >= 4 is 34.8 Å². The maximum Gasteiger partial charge on any atom is 0.328 e. The Morgan fingerprint density at radius 2 is 1.75 bits per heavy atom. The van der Waals surface area contributed by atoms with Gasteiger partial charge in [0.25, 0.3) is 11.8 Å². The van der Waals surface area contributed by atoms with E-state index in [4.69, 9.17) is 4.74 Å². The Labute approximate surface area is 186 Å². The van der Waals surface area contributed by atoms with E-state index in [0.717, 1.165) is 22.2 Å². The standard InChI is InChI=1S/C25H25N3O4/c1-15(2)18-9-8-16(3)12-22(18)32-11-10-28-14-17(19-6-4-5-7-21(19)28)13-20-23(29)26-25(31)27-24(20)30/h4-9,12-15H,10-11H2,1-3H3,(H2,26,27,29,30,31). The molecule has 4 rings (SSSR count). The Hall–Kier alpha value is -3.87. The molecular weight excluding hydrogens is 406 g/mol. The molecule has 2 N–H and O–H groups in total. The Morgan fingerprint density at radius 1 is 1.03 bits per heavy atom. The Bertz CT molecular complexity index is 1230. The lowest BCUT2D eigenvalue weighted by molar-refractivity contribution is -0.123. The average Bonchev–Trinajstić information content (AvgIpc) is 3.08. The molecule has 1 fully saturated rings. The molecular formula is C25H25N3O4. The van der Waals surface area contributed by atoms with E-state index in [2.05, 4.69) is 42.7 Å². The lowest BCUT2D eigenvalue weighted by Crippen LogP contribution is -2.51. The normalized spacial score (nSPS) is 14.0. The van der Waals surface area contributed by atoms with Gasteiger partial charge in [0.2, 0.25) is 0 Å². The van der Waals surface area contributed by atoms with Crippen molar-refractivity contribution in [2.45, 2.75) is 33.2 Å². The van der Waals surface area contributed by atoms with Gasteiger partial charge in [0.15, 0.2) is 0 Å². The summed E-state index contributed by atoms with van der Waals surface area (Å²) in [7, 11) is 0. The molecule has 3 aromatic rings. The van der Waals surface area contributed by atoms with Gasteiger partial charge >= 0.3 is 6.03 Å². The van der Waals surface area contributed by atoms with Crippen LogP contribution in [-0.4, -0.2) is 29.0 Å². The molecule has 1 aliphatic rings. The molecule has 1 saturated heterocycles. The lowest BCUT2D eigenvalue weighted by Gasteiger charge is -2.15. The number of amides is 4. The first-order chi connectivity index (χ1) is 15.3. The van der Waals surface area contributed by atoms with Crippen molar-refractivity contribution in [3.8, 4) is 5.75 Å². The van der Waals surface area contributed by atoms with E-state index in [0.29, 0.717) is 24.6 Å². The molecule has 32 heavy (non-hydrogen) atoms. The zero-order valence-corrected chi connectivity index (χ0v) is 18.3. The van der Waals surface area contributed by atoms with Crippen molar-refractivity contribution in [1.82, 2.24) is 15.2 Å². The van der Waals surface area contributed by atoms with Gasteiger partial charge in [-0.25, -0.2) is 4.79 Å². The van der Waals surface area contributed by atoms with Crippen LogP contribution < -0.4 is 15.4 Å². The second kappa shape index (κ2) is 8.70. The lowest BCUT2D eigenvalue weighted by atomic mass is 10.0. The summed E-state index contributed by atoms with van der Waals surface area (Å²) in [4.78, 5) is 35.5. The van der Waals surface area contributed by atoms with Gasteiger partial charge in [-0.2, -0.15) is 0 Å². The number of barbiturate groups is 1. The van der Waals surface area contributed by atoms with Crippen LogP contribution in [0.3, 0.4) is 0 Å². The molecule has 0 saturated carbocycles. The SMILES string of the molecule is Cc1ccc(C(C)C)c(OCCn2cc(C=C3C(=O)NC(=O)NC3=O)c3ccccc32)c1. The summed E-state index contributed by atoms with van der Waals surface area (Å²) < 4.78 is 8.17. The van der Waals surface area contributed by atoms with Crippen molar-refractivity contribution in [3.05, 3.63) is 70.9 Å². The van der Waals surface area contributed by atoms with Gasteiger partial charge in [0.05, 0.1) is 6.54 Å². The van der Waals surface area contributed by atoms with Gasteiger partial charge in [-0.1, -0.05) is 44.2 Å². The number of rotatable bonds is 6. The van der Waals surface area contributed by atoms with Crippen LogP contribution in [0.4, 0.5) is 4.79 Å². The van der Waals surface area contributed by atoms with Gasteiger partial charge in [-0.3, -0.25) is 20.2 Å². The number of fused-ring (bicyclic) bond motifs is 1. The highest BCUT2D eigenvalue weighted by atomic mass is 16.5. The Morgan fingerprint density at radius 3 is 2.47 bits per heavy atom. The van der Waals surface area contributed by atoms with Crippen molar-refractivity contribution in [2.24, 2.45) is 0 Å². The molecule has 0 radical (unpaired) electrons. The predicted molar refractivity (Wildman–Crippen MR) is 122 cm³/mol. The molecule has 0 aliphatic carbocycles. The predicted octanol–water partition coefficient (Wildman–Crippen LogP) is 3.90. The molecule has 164 valence electrons. The van der Waals surface area contributed by atoms with Crippen LogP contribution in [0.5, 0.6) is 5.75 Å². The molecule has 1 aliphatic heterocycles. The minimum absolute atomic E-state index is 0.106. The number of carbonyl (C=O) groups excluding carboxylic acids is 3. The van der Waals surface area contributed by atoms with E-state index in [1.807, 2.05) is 42.0 Å². The summed E-state index contributed by atoms with van der Waals surface area (Å²) in [6.07, 6.45) is 3.39. The monoisotopic (exact) mass is 431 g/mol. The number of carbonyl (C=O) groups is 3. The second-order valence-corrected chi connectivity index (χ2v) is 8.13. The summed E-state index contributed by atoms with van der Waals surface area (Å²) in [6, 6.07) is 13.2. The van der Waals surface area contributed by atoms with Gasteiger partial charge in [0, 0.05) is 22.7 Å². The highest BCUT2D eigenvalue weighted by Gasteiger charge is 2.28. The van der Waals surface area contributed by atoms with E-state index in [1.165, 1.54) is 11.6 Å². The van der Waals surface area contributed by atoms with Gasteiger partial charge in [-0.05, 0) is 42.2 Å². The number of urea groups is 1. The van der Waals surface area contributed by atoms with Crippen LogP contribution in [-0.2, 0) is 16.1 Å². The Kier molecular flexibility index (Phi) is 5.81. The number of benzene rings is 2. The second-order valence-electron chi connectivity index (χ2n) is 8.13. The molecule has 2 heterocycles. The van der Waals surface area contributed by atoms with E-state index in [-0.39, 0.29) is 5.57 Å². The molecule has 0 unspecified atom stereocenters. The highest BCUT2D eigenvalue weighted by Crippen LogP contribution is 2.28. The van der Waals surface area contributed by atoms with Gasteiger partial charge in [-0.15, -0.1) is 0 Å². The Balaban J connectivity index is 1.60. The fourth-order valence-corrected chi connectivity index (χ4v) is 3.83. The van der Waals surface area contributed by atoms with Crippen LogP contribution in [0.1, 0.15) is 36.5 Å². The molecule has 0 atom stereocenters. The first kappa shape index (κ1) is 21.4. The molecule has 1 aromatic heterocycles. The van der Waals surface area contributed by atoms with Crippen molar-refractivity contribution in [3.63, 3.8) is 0 Å². The smallest absolute Gasteiger partial charge is 0.328 e. The van der Waals surface area contributed by atoms with Crippen LogP contribution >= 0.6 is 0 Å². The number of ether oxygens (including phenoxy) is 1. The maximum absolute atomic E-state index is 12.1. The summed E-state index contributed by atoms with van der Waals surface area (Å²) in [6.45, 7) is 7.38. The minimum atomic E-state index is -0.811. The quantitative estimate of drug-likeness (QED) is 0.458. The van der Waals surface area contributed by atoms with E-state index >= 15 is 0 Å². The number of nitrogens with zero attached hydrogens (tertiary/aromatic N) is 1. The number of nitrogens with one attached hydrogen (secondary N) is 2. The molecule has 7 heteroatoms. The first-order valence-corrected chi connectivity index (χ1v) is 10.5. The number of hydrogen-bond acceptors (Lipinski definition) is 4. The molecule has 7 nitrogen and oxygen atoms in total. The third-order valence-corrected chi connectivity index (χ3v) is 5.44. The number of aryl methyl sites for hydroxylation is 1. The zero-order chi connectivity index (χ0) is 22.8. The summed E-state index contributed by atoms with van der Waals surface area (Å²) in [5.74, 6) is -0.172. The number of hydrogen-bond donors (Lipinski definition) is 2. The average molecular weight is 431 g/mol. The summed E-state index contributed by atoms with van der Waals surface area (Å²) in [5.41, 5.74) is 3.89. The van der Waals surface area contributed by atoms with E-state index in [1.54, 1.807) is 0 Å². The summed E-state index contributed by atoms with van der Waals surface area (Å²) >= 11 is 0. The van der Waals surface area contributed by atoms with Crippen molar-refractivity contribution < 1.29 is 19.1 Å². The first-order valence-electron chi connectivity index (χ1n) is 10.5. The maximum atomic E-state index is 12.1. The largest absolute Gasteiger partial charge is 0.491 e. The fraction of sp³-hybridized carbons (Fsp3) is 0.240. The molecule has 0 spiro atoms. The zero-order valence-electron chi connectivity index (χ0n) is 18.3. The molecule has 4 amide bonds. The minimum Gasteiger partial charge on any atom is -0.491 e. The van der Waals surface area contributed by atoms with E-state index < -0.39 is 17.8 Å². The van der Waals surface area contributed by atoms with Crippen LogP contribution in [0.25, 0.3) is 17.0 Å². The van der Waals surface area contributed by atoms with Gasteiger partial charge in [0.1, 0.15) is 17.9 Å². The number of aromatic nitrogens is 1. The van der Waals surface area contributed by atoms with Crippen LogP contribution in [0.15, 0.2) is 54.2 Å². The number of imide groups is 2. The highest BCUT2D eigenvalue weighted by molar-refractivity contribution is 6.31. The third kappa shape index (κ3) is 4.27. The van der Waals surface area contributed by atoms with Crippen LogP contribution in [0, 0.1) is 6.92 Å². The topological polar surface area (TPSA) is 89.4 Å². The summed E-state index contributed by atoms with van der Waals surface area (Å²) in [5, 5.41) is 5.10. The van der Waals surface area contributed by atoms with E-state index in [9.17, 15) is 14.4 Å². The van der Waals surface area contributed by atoms with Crippen LogP contribution in [0.2, 0.25) is 0 Å². The van der Waals surface area contributed by atoms with Gasteiger partial charge < -0.3 is 9.30 Å². The fourth-order valence-electron chi connectivity index (χ4n) is 3.83. The third-order valence-electron chi connectivity index (χ3n) is 5.44. The van der Waals surface area contributed by atoms with Crippen molar-refractivity contribution in [1.29, 1.82) is 0 Å². The molecule has 2 aromatic carbocycles. The molecule has 0 bridgehead atoms. The van der Waals surface area contributed by atoms with Crippen molar-refractivity contribution in [2.75, 3.05) is 6.61 Å².